The van der Waals surface area contributed by atoms with Gasteiger partial charge in [0.1, 0.15) is 0 Å². The Bertz CT molecular complexity index is 628. The van der Waals surface area contributed by atoms with E-state index in [9.17, 15) is 18.0 Å². The Labute approximate surface area is 129 Å². The van der Waals surface area contributed by atoms with E-state index in [0.717, 1.165) is 6.42 Å². The number of rotatable bonds is 8. The van der Waals surface area contributed by atoms with Crippen LogP contribution < -0.4 is 16.2 Å². The van der Waals surface area contributed by atoms with Crippen molar-refractivity contribution in [3.63, 3.8) is 0 Å². The quantitative estimate of drug-likeness (QED) is 0.589. The number of anilines is 1. The molecule has 0 unspecified atom stereocenters. The van der Waals surface area contributed by atoms with E-state index in [1.807, 2.05) is 6.92 Å². The fourth-order valence-electron chi connectivity index (χ4n) is 1.88. The smallest absolute Gasteiger partial charge is 0.238 e. The lowest BCUT2D eigenvalue weighted by Crippen LogP contribution is -2.39. The average Bonchev–Trinajstić information content (AvgIpc) is 2.37. The molecule has 0 bridgehead atoms. The minimum atomic E-state index is -3.76. The number of primary sulfonamides is 1. The van der Waals surface area contributed by atoms with E-state index in [4.69, 9.17) is 10.9 Å². The summed E-state index contributed by atoms with van der Waals surface area (Å²) >= 11 is 0. The monoisotopic (exact) mass is 328 g/mol. The summed E-state index contributed by atoms with van der Waals surface area (Å²) in [6.07, 6.45) is 0.781. The fraction of sp³-hybridized carbons (Fsp3) is 0.385. The van der Waals surface area contributed by atoms with Gasteiger partial charge in [0.2, 0.25) is 21.8 Å². The highest BCUT2D eigenvalue weighted by Gasteiger charge is 2.13. The molecule has 2 amide bonds. The molecule has 0 aliphatic rings. The summed E-state index contributed by atoms with van der Waals surface area (Å²) in [6.45, 7) is 2.53. The van der Waals surface area contributed by atoms with Gasteiger partial charge in [-0.1, -0.05) is 6.92 Å². The van der Waals surface area contributed by atoms with Gasteiger partial charge < -0.3 is 11.1 Å². The Hall–Kier alpha value is -1.97. The molecule has 0 radical (unpaired) electrons. The fourth-order valence-corrected chi connectivity index (χ4v) is 2.40. The zero-order valence-electron chi connectivity index (χ0n) is 12.3. The zero-order chi connectivity index (χ0) is 16.8. The van der Waals surface area contributed by atoms with E-state index in [1.165, 1.54) is 24.3 Å². The van der Waals surface area contributed by atoms with Crippen LogP contribution in [0, 0.1) is 0 Å². The first-order chi connectivity index (χ1) is 10.2. The summed E-state index contributed by atoms with van der Waals surface area (Å²) in [6, 6.07) is 5.49. The highest BCUT2D eigenvalue weighted by Crippen LogP contribution is 2.12. The van der Waals surface area contributed by atoms with Gasteiger partial charge in [-0.05, 0) is 37.2 Å². The lowest BCUT2D eigenvalue weighted by molar-refractivity contribution is -0.121. The van der Waals surface area contributed by atoms with Crippen LogP contribution in [0.5, 0.6) is 0 Å². The number of amides is 2. The number of carbonyl (C=O) groups is 2. The Morgan fingerprint density at radius 1 is 1.18 bits per heavy atom. The van der Waals surface area contributed by atoms with Crippen LogP contribution in [0.3, 0.4) is 0 Å². The van der Waals surface area contributed by atoms with Gasteiger partial charge >= 0.3 is 0 Å². The molecule has 0 saturated carbocycles. The van der Waals surface area contributed by atoms with Gasteiger partial charge in [-0.2, -0.15) is 0 Å². The highest BCUT2D eigenvalue weighted by atomic mass is 32.2. The van der Waals surface area contributed by atoms with E-state index in [2.05, 4.69) is 5.32 Å². The largest absolute Gasteiger partial charge is 0.369 e. The number of nitrogens with zero attached hydrogens (tertiary/aromatic N) is 1. The molecule has 0 aliphatic heterocycles. The van der Waals surface area contributed by atoms with Crippen LogP contribution in [0.2, 0.25) is 0 Å². The van der Waals surface area contributed by atoms with Crippen molar-refractivity contribution in [3.8, 4) is 0 Å². The van der Waals surface area contributed by atoms with Gasteiger partial charge in [0.05, 0.1) is 18.0 Å². The minimum Gasteiger partial charge on any atom is -0.369 e. The highest BCUT2D eigenvalue weighted by molar-refractivity contribution is 7.89. The standard InChI is InChI=1S/C13H20N4O4S/c1-2-7-17(8-12(14)18)9-13(19)16-10-3-5-11(6-4-10)22(15,20)21/h3-6H,2,7-9H2,1H3,(H2,14,18)(H,16,19)(H2,15,20,21). The van der Waals surface area contributed by atoms with E-state index < -0.39 is 15.9 Å². The molecule has 1 aromatic rings. The third kappa shape index (κ3) is 6.20. The number of hydrogen-bond donors (Lipinski definition) is 3. The van der Waals surface area contributed by atoms with Gasteiger partial charge in [0.15, 0.2) is 0 Å². The Morgan fingerprint density at radius 2 is 1.77 bits per heavy atom. The Morgan fingerprint density at radius 3 is 2.23 bits per heavy atom. The van der Waals surface area contributed by atoms with Crippen molar-refractivity contribution in [1.82, 2.24) is 4.90 Å². The number of sulfonamides is 1. The summed E-state index contributed by atoms with van der Waals surface area (Å²) in [5, 5.41) is 7.60. The second-order valence-electron chi connectivity index (χ2n) is 4.79. The lowest BCUT2D eigenvalue weighted by Gasteiger charge is -2.19. The predicted molar refractivity (Wildman–Crippen MR) is 82.4 cm³/mol. The molecule has 8 nitrogen and oxygen atoms in total. The van der Waals surface area contributed by atoms with E-state index in [-0.39, 0.29) is 23.9 Å². The minimum absolute atomic E-state index is 0.00557. The molecule has 0 heterocycles. The first-order valence-electron chi connectivity index (χ1n) is 6.65. The first kappa shape index (κ1) is 18.1. The van der Waals surface area contributed by atoms with E-state index >= 15 is 0 Å². The van der Waals surface area contributed by atoms with E-state index in [1.54, 1.807) is 4.90 Å². The number of primary amides is 1. The number of nitrogens with two attached hydrogens (primary N) is 2. The van der Waals surface area contributed by atoms with Gasteiger partial charge in [0.25, 0.3) is 0 Å². The molecule has 0 atom stereocenters. The molecular formula is C13H20N4O4S. The van der Waals surface area contributed by atoms with Crippen molar-refractivity contribution in [2.45, 2.75) is 18.2 Å². The summed E-state index contributed by atoms with van der Waals surface area (Å²) in [7, 11) is -3.76. The topological polar surface area (TPSA) is 136 Å². The number of benzene rings is 1. The molecule has 0 aliphatic carbocycles. The Balaban J connectivity index is 2.65. The molecule has 1 aromatic carbocycles. The summed E-state index contributed by atoms with van der Waals surface area (Å²) in [5.74, 6) is -0.822. The maximum absolute atomic E-state index is 11.9. The predicted octanol–water partition coefficient (Wildman–Crippen LogP) is -0.530. The molecule has 0 saturated heterocycles. The summed E-state index contributed by atoms with van der Waals surface area (Å²) in [4.78, 5) is 24.4. The number of carbonyl (C=O) groups excluding carboxylic acids is 2. The number of nitrogens with one attached hydrogen (secondary N) is 1. The molecule has 0 aromatic heterocycles. The summed E-state index contributed by atoms with van der Waals surface area (Å²) in [5.41, 5.74) is 5.57. The maximum Gasteiger partial charge on any atom is 0.238 e. The van der Waals surface area contributed by atoms with Crippen molar-refractivity contribution in [2.24, 2.45) is 10.9 Å². The van der Waals surface area contributed by atoms with Crippen molar-refractivity contribution in [3.05, 3.63) is 24.3 Å². The third-order valence-corrected chi connectivity index (χ3v) is 3.68. The molecule has 0 fully saturated rings. The van der Waals surface area contributed by atoms with Crippen LogP contribution in [-0.2, 0) is 19.6 Å². The Kier molecular flexibility index (Phi) is 6.47. The molecular weight excluding hydrogens is 308 g/mol. The SMILES string of the molecule is CCCN(CC(N)=O)CC(=O)Nc1ccc(S(N)(=O)=O)cc1. The molecule has 0 spiro atoms. The summed E-state index contributed by atoms with van der Waals surface area (Å²) < 4.78 is 22.3. The van der Waals surface area contributed by atoms with Crippen LogP contribution in [0.25, 0.3) is 0 Å². The van der Waals surface area contributed by atoms with Crippen molar-refractivity contribution in [1.29, 1.82) is 0 Å². The third-order valence-electron chi connectivity index (χ3n) is 2.75. The number of hydrogen-bond acceptors (Lipinski definition) is 5. The lowest BCUT2D eigenvalue weighted by atomic mass is 10.3. The van der Waals surface area contributed by atoms with Crippen LogP contribution in [0.1, 0.15) is 13.3 Å². The van der Waals surface area contributed by atoms with Crippen molar-refractivity contribution in [2.75, 3.05) is 25.0 Å². The molecule has 5 N–H and O–H groups in total. The van der Waals surface area contributed by atoms with Gasteiger partial charge in [-0.3, -0.25) is 14.5 Å². The van der Waals surface area contributed by atoms with Crippen LogP contribution >= 0.6 is 0 Å². The van der Waals surface area contributed by atoms with Gasteiger partial charge in [0, 0.05) is 5.69 Å². The maximum atomic E-state index is 11.9. The molecule has 22 heavy (non-hydrogen) atoms. The van der Waals surface area contributed by atoms with Crippen LogP contribution in [0.4, 0.5) is 5.69 Å². The van der Waals surface area contributed by atoms with Crippen LogP contribution in [0.15, 0.2) is 29.2 Å². The zero-order valence-corrected chi connectivity index (χ0v) is 13.1. The molecule has 122 valence electrons. The van der Waals surface area contributed by atoms with Gasteiger partial charge in [-0.25, -0.2) is 13.6 Å². The van der Waals surface area contributed by atoms with Crippen LogP contribution in [-0.4, -0.2) is 44.8 Å². The molecule has 1 rings (SSSR count). The normalized spacial score (nSPS) is 11.4. The molecule has 9 heteroatoms. The van der Waals surface area contributed by atoms with Crippen molar-refractivity contribution >= 4 is 27.5 Å². The average molecular weight is 328 g/mol. The van der Waals surface area contributed by atoms with Gasteiger partial charge in [-0.15, -0.1) is 0 Å². The second kappa shape index (κ2) is 7.87. The second-order valence-corrected chi connectivity index (χ2v) is 6.36. The van der Waals surface area contributed by atoms with Crippen molar-refractivity contribution < 1.29 is 18.0 Å². The first-order valence-corrected chi connectivity index (χ1v) is 8.20. The van der Waals surface area contributed by atoms with E-state index in [0.29, 0.717) is 12.2 Å².